The molecule has 3 nitrogen and oxygen atoms in total. The lowest BCUT2D eigenvalue weighted by Gasteiger charge is -2.08. The van der Waals surface area contributed by atoms with E-state index in [-0.39, 0.29) is 0 Å². The van der Waals surface area contributed by atoms with Gasteiger partial charge in [0, 0.05) is 18.2 Å². The van der Waals surface area contributed by atoms with Crippen LogP contribution < -0.4 is 5.73 Å². The van der Waals surface area contributed by atoms with E-state index in [0.717, 1.165) is 22.3 Å². The number of aryl methyl sites for hydroxylation is 2. The first-order valence-electron chi connectivity index (χ1n) is 6.56. The lowest BCUT2D eigenvalue weighted by molar-refractivity contribution is 1.33. The molecule has 2 aromatic rings. The number of rotatable bonds is 2. The van der Waals surface area contributed by atoms with Gasteiger partial charge in [0.1, 0.15) is 5.84 Å². The Hall–Kier alpha value is -2.42. The molecule has 0 saturated carbocycles. The predicted octanol–water partition coefficient (Wildman–Crippen LogP) is 3.09. The summed E-state index contributed by atoms with van der Waals surface area (Å²) in [6.07, 6.45) is 0. The first kappa shape index (κ1) is 14.0. The molecule has 0 fully saturated rings. The number of nitrogens with zero attached hydrogens (tertiary/aromatic N) is 2. The van der Waals surface area contributed by atoms with Crippen molar-refractivity contribution in [2.45, 2.75) is 13.8 Å². The monoisotopic (exact) mass is 265 g/mol. The summed E-state index contributed by atoms with van der Waals surface area (Å²) in [7, 11) is 1.73. The van der Waals surface area contributed by atoms with Crippen molar-refractivity contribution in [2.24, 2.45) is 15.7 Å². The maximum atomic E-state index is 6.13. The van der Waals surface area contributed by atoms with Crippen molar-refractivity contribution in [3.05, 3.63) is 70.8 Å². The summed E-state index contributed by atoms with van der Waals surface area (Å²) in [4.78, 5) is 8.76. The molecule has 2 rings (SSSR count). The zero-order valence-corrected chi connectivity index (χ0v) is 12.1. The van der Waals surface area contributed by atoms with Gasteiger partial charge in [-0.1, -0.05) is 48.5 Å². The van der Waals surface area contributed by atoms with Crippen LogP contribution in [0.15, 0.2) is 58.5 Å². The fourth-order valence-corrected chi connectivity index (χ4v) is 2.09. The summed E-state index contributed by atoms with van der Waals surface area (Å²) < 4.78 is 0. The minimum Gasteiger partial charge on any atom is -0.383 e. The molecule has 2 N–H and O–H groups in total. The van der Waals surface area contributed by atoms with E-state index >= 15 is 0 Å². The summed E-state index contributed by atoms with van der Waals surface area (Å²) >= 11 is 0. The Labute approximate surface area is 119 Å². The largest absolute Gasteiger partial charge is 0.383 e. The molecule has 102 valence electrons. The van der Waals surface area contributed by atoms with Crippen molar-refractivity contribution in [2.75, 3.05) is 7.05 Å². The predicted molar refractivity (Wildman–Crippen MR) is 85.5 cm³/mol. The van der Waals surface area contributed by atoms with E-state index in [1.165, 1.54) is 0 Å². The highest BCUT2D eigenvalue weighted by molar-refractivity contribution is 6.11. The highest BCUT2D eigenvalue weighted by Crippen LogP contribution is 2.11. The highest BCUT2D eigenvalue weighted by atomic mass is 15.0. The molecular weight excluding hydrogens is 246 g/mol. The topological polar surface area (TPSA) is 50.7 Å². The van der Waals surface area contributed by atoms with Crippen LogP contribution in [0.5, 0.6) is 0 Å². The van der Waals surface area contributed by atoms with Crippen LogP contribution in [0.2, 0.25) is 0 Å². The van der Waals surface area contributed by atoms with Crippen LogP contribution in [0.4, 0.5) is 0 Å². The van der Waals surface area contributed by atoms with Gasteiger partial charge in [-0.25, -0.2) is 4.99 Å². The van der Waals surface area contributed by atoms with E-state index in [4.69, 9.17) is 5.73 Å². The number of hydrogen-bond donors (Lipinski definition) is 1. The summed E-state index contributed by atoms with van der Waals surface area (Å²) in [5.41, 5.74) is 10.3. The standard InChI is InChI=1S/C17H19N3/c1-12-8-4-6-10-14(12)16(18)20-17(19-3)15-11-7-5-9-13(15)2/h4-11H,1-3H3,(H2,18,19,20). The molecule has 20 heavy (non-hydrogen) atoms. The normalized spacial score (nSPS) is 12.6. The van der Waals surface area contributed by atoms with Crippen LogP contribution in [-0.2, 0) is 0 Å². The van der Waals surface area contributed by atoms with E-state index in [2.05, 4.69) is 9.98 Å². The van der Waals surface area contributed by atoms with Crippen LogP contribution in [-0.4, -0.2) is 18.7 Å². The fourth-order valence-electron chi connectivity index (χ4n) is 2.09. The average Bonchev–Trinajstić information content (AvgIpc) is 2.46. The molecule has 0 aliphatic rings. The molecule has 0 radical (unpaired) electrons. The number of hydrogen-bond acceptors (Lipinski definition) is 1. The third-order valence-corrected chi connectivity index (χ3v) is 3.25. The van der Waals surface area contributed by atoms with Gasteiger partial charge in [0.15, 0.2) is 5.84 Å². The zero-order chi connectivity index (χ0) is 14.5. The third kappa shape index (κ3) is 2.94. The van der Waals surface area contributed by atoms with E-state index in [0.29, 0.717) is 11.7 Å². The quantitative estimate of drug-likeness (QED) is 0.658. The summed E-state index contributed by atoms with van der Waals surface area (Å²) in [6.45, 7) is 4.06. The second-order valence-electron chi connectivity index (χ2n) is 4.67. The van der Waals surface area contributed by atoms with E-state index in [9.17, 15) is 0 Å². The molecule has 0 aliphatic carbocycles. The van der Waals surface area contributed by atoms with Gasteiger partial charge in [0.05, 0.1) is 0 Å². The fraction of sp³-hybridized carbons (Fsp3) is 0.176. The minimum absolute atomic E-state index is 0.493. The van der Waals surface area contributed by atoms with Gasteiger partial charge in [-0.15, -0.1) is 0 Å². The SMILES string of the molecule is CN=C(N=C(N)c1ccccc1C)c1ccccc1C. The van der Waals surface area contributed by atoms with Gasteiger partial charge < -0.3 is 5.73 Å². The van der Waals surface area contributed by atoms with Crippen molar-refractivity contribution in [3.63, 3.8) is 0 Å². The van der Waals surface area contributed by atoms with Gasteiger partial charge >= 0.3 is 0 Å². The second-order valence-corrected chi connectivity index (χ2v) is 4.67. The van der Waals surface area contributed by atoms with Crippen molar-refractivity contribution in [1.82, 2.24) is 0 Å². The van der Waals surface area contributed by atoms with Gasteiger partial charge in [-0.05, 0) is 25.0 Å². The van der Waals surface area contributed by atoms with E-state index in [1.54, 1.807) is 7.05 Å². The highest BCUT2D eigenvalue weighted by Gasteiger charge is 2.07. The molecule has 0 bridgehead atoms. The Morgan fingerprint density at radius 2 is 1.35 bits per heavy atom. The third-order valence-electron chi connectivity index (χ3n) is 3.25. The summed E-state index contributed by atoms with van der Waals surface area (Å²) in [5, 5.41) is 0. The van der Waals surface area contributed by atoms with Gasteiger partial charge in [0.25, 0.3) is 0 Å². The van der Waals surface area contributed by atoms with Crippen molar-refractivity contribution in [1.29, 1.82) is 0 Å². The van der Waals surface area contributed by atoms with E-state index in [1.807, 2.05) is 62.4 Å². The molecule has 0 spiro atoms. The molecule has 3 heteroatoms. The van der Waals surface area contributed by atoms with Gasteiger partial charge in [-0.2, -0.15) is 0 Å². The Bertz CT molecular complexity index is 669. The maximum absolute atomic E-state index is 6.13. The van der Waals surface area contributed by atoms with Gasteiger partial charge in [-0.3, -0.25) is 4.99 Å². The van der Waals surface area contributed by atoms with Crippen molar-refractivity contribution in [3.8, 4) is 0 Å². The molecule has 0 amide bonds. The lowest BCUT2D eigenvalue weighted by Crippen LogP contribution is -2.17. The smallest absolute Gasteiger partial charge is 0.156 e. The summed E-state index contributed by atoms with van der Waals surface area (Å²) in [5.74, 6) is 1.15. The Balaban J connectivity index is 2.43. The Morgan fingerprint density at radius 1 is 0.850 bits per heavy atom. The lowest BCUT2D eigenvalue weighted by atomic mass is 10.1. The van der Waals surface area contributed by atoms with Crippen LogP contribution in [0.25, 0.3) is 0 Å². The molecule has 0 atom stereocenters. The molecule has 0 aliphatic heterocycles. The number of aliphatic imine (C=N–C) groups is 2. The average molecular weight is 265 g/mol. The second kappa shape index (κ2) is 6.15. The van der Waals surface area contributed by atoms with Crippen molar-refractivity contribution >= 4 is 11.7 Å². The zero-order valence-electron chi connectivity index (χ0n) is 12.1. The first-order valence-corrected chi connectivity index (χ1v) is 6.56. The van der Waals surface area contributed by atoms with E-state index < -0.39 is 0 Å². The van der Waals surface area contributed by atoms with Crippen molar-refractivity contribution < 1.29 is 0 Å². The number of nitrogens with two attached hydrogens (primary N) is 1. The molecule has 0 saturated heterocycles. The van der Waals surface area contributed by atoms with Gasteiger partial charge in [0.2, 0.25) is 0 Å². The molecule has 0 aromatic heterocycles. The Kier molecular flexibility index (Phi) is 4.31. The molecule has 2 aromatic carbocycles. The molecule has 0 unspecified atom stereocenters. The molecule has 0 heterocycles. The number of amidine groups is 2. The number of benzene rings is 2. The van der Waals surface area contributed by atoms with Crippen LogP contribution in [0.1, 0.15) is 22.3 Å². The summed E-state index contributed by atoms with van der Waals surface area (Å²) in [6, 6.07) is 16.0. The molecular formula is C17H19N3. The first-order chi connectivity index (χ1) is 9.63. The van der Waals surface area contributed by atoms with Crippen LogP contribution in [0, 0.1) is 13.8 Å². The minimum atomic E-state index is 0.493. The van der Waals surface area contributed by atoms with Crippen LogP contribution in [0.3, 0.4) is 0 Å². The van der Waals surface area contributed by atoms with Crippen LogP contribution >= 0.6 is 0 Å². The maximum Gasteiger partial charge on any atom is 0.156 e. The Morgan fingerprint density at radius 3 is 1.85 bits per heavy atom.